The number of hydrogen-bond acceptors (Lipinski definition) is 3. The van der Waals surface area contributed by atoms with E-state index in [-0.39, 0.29) is 5.56 Å². The fourth-order valence-electron chi connectivity index (χ4n) is 1.62. The molecule has 0 atom stereocenters. The van der Waals surface area contributed by atoms with Crippen LogP contribution in [-0.2, 0) is 10.5 Å². The second-order valence-corrected chi connectivity index (χ2v) is 6.01. The van der Waals surface area contributed by atoms with Crippen molar-refractivity contribution in [3.63, 3.8) is 0 Å². The summed E-state index contributed by atoms with van der Waals surface area (Å²) >= 11 is 4.98. The van der Waals surface area contributed by atoms with Crippen LogP contribution in [0.5, 0.6) is 0 Å². The van der Waals surface area contributed by atoms with Crippen molar-refractivity contribution in [2.75, 3.05) is 7.11 Å². The van der Waals surface area contributed by atoms with Gasteiger partial charge in [-0.05, 0) is 42.0 Å². The minimum atomic E-state index is -0.658. The molecule has 104 valence electrons. The van der Waals surface area contributed by atoms with E-state index in [2.05, 4.69) is 20.7 Å². The van der Waals surface area contributed by atoms with Gasteiger partial charge in [-0.1, -0.05) is 22.0 Å². The molecule has 0 N–H and O–H groups in total. The monoisotopic (exact) mass is 354 g/mol. The average Bonchev–Trinajstić information content (AvgIpc) is 2.46. The summed E-state index contributed by atoms with van der Waals surface area (Å²) in [6.45, 7) is 0. The van der Waals surface area contributed by atoms with Gasteiger partial charge in [0.25, 0.3) is 0 Å². The molecule has 2 aromatic rings. The summed E-state index contributed by atoms with van der Waals surface area (Å²) in [6, 6.07) is 12.5. The van der Waals surface area contributed by atoms with Crippen LogP contribution in [0.4, 0.5) is 4.39 Å². The summed E-state index contributed by atoms with van der Waals surface area (Å²) in [6.07, 6.45) is 0. The van der Waals surface area contributed by atoms with Crippen molar-refractivity contribution in [1.82, 2.24) is 0 Å². The van der Waals surface area contributed by atoms with Crippen molar-refractivity contribution in [3.05, 3.63) is 63.9 Å². The van der Waals surface area contributed by atoms with Gasteiger partial charge < -0.3 is 4.74 Å². The highest BCUT2D eigenvalue weighted by Gasteiger charge is 2.12. The number of methoxy groups -OCH3 is 1. The van der Waals surface area contributed by atoms with E-state index in [9.17, 15) is 9.18 Å². The minimum absolute atomic E-state index is 0.0371. The molecular formula is C15H12BrFO2S. The average molecular weight is 355 g/mol. The number of halogens is 2. The van der Waals surface area contributed by atoms with Gasteiger partial charge in [-0.25, -0.2) is 9.18 Å². The number of ether oxygens (including phenoxy) is 1. The zero-order valence-corrected chi connectivity index (χ0v) is 13.1. The molecule has 0 amide bonds. The number of carbonyl (C=O) groups is 1. The van der Waals surface area contributed by atoms with Crippen LogP contribution in [0, 0.1) is 5.82 Å². The van der Waals surface area contributed by atoms with Gasteiger partial charge in [0.15, 0.2) is 0 Å². The SMILES string of the molecule is COC(=O)c1ccc(CSc2ccc(Br)cc2)cc1F. The molecule has 0 unspecified atom stereocenters. The number of esters is 1. The van der Waals surface area contributed by atoms with Crippen molar-refractivity contribution < 1.29 is 13.9 Å². The summed E-state index contributed by atoms with van der Waals surface area (Å²) in [4.78, 5) is 12.4. The highest BCUT2D eigenvalue weighted by atomic mass is 79.9. The predicted molar refractivity (Wildman–Crippen MR) is 81.4 cm³/mol. The lowest BCUT2D eigenvalue weighted by Gasteiger charge is -2.05. The molecule has 20 heavy (non-hydrogen) atoms. The molecule has 0 bridgehead atoms. The van der Waals surface area contributed by atoms with Gasteiger partial charge >= 0.3 is 5.97 Å². The van der Waals surface area contributed by atoms with Gasteiger partial charge in [-0.15, -0.1) is 11.8 Å². The van der Waals surface area contributed by atoms with Crippen molar-refractivity contribution in [3.8, 4) is 0 Å². The molecule has 5 heteroatoms. The molecule has 0 aliphatic rings. The molecule has 2 aromatic carbocycles. The van der Waals surface area contributed by atoms with E-state index in [1.54, 1.807) is 17.8 Å². The maximum atomic E-state index is 13.7. The van der Waals surface area contributed by atoms with Crippen molar-refractivity contribution in [1.29, 1.82) is 0 Å². The lowest BCUT2D eigenvalue weighted by atomic mass is 10.1. The Labute approximate surface area is 129 Å². The third-order valence-corrected chi connectivity index (χ3v) is 4.27. The van der Waals surface area contributed by atoms with Gasteiger partial charge in [0.2, 0.25) is 0 Å². The van der Waals surface area contributed by atoms with E-state index in [1.165, 1.54) is 19.2 Å². The summed E-state index contributed by atoms with van der Waals surface area (Å²) in [5, 5.41) is 0. The number of rotatable bonds is 4. The van der Waals surface area contributed by atoms with E-state index < -0.39 is 11.8 Å². The molecule has 0 spiro atoms. The quantitative estimate of drug-likeness (QED) is 0.589. The van der Waals surface area contributed by atoms with Gasteiger partial charge in [0.1, 0.15) is 5.82 Å². The van der Waals surface area contributed by atoms with Crippen LogP contribution in [0.2, 0.25) is 0 Å². The lowest BCUT2D eigenvalue weighted by Crippen LogP contribution is -2.04. The topological polar surface area (TPSA) is 26.3 Å². The highest BCUT2D eigenvalue weighted by Crippen LogP contribution is 2.25. The van der Waals surface area contributed by atoms with Gasteiger partial charge in [-0.3, -0.25) is 0 Å². The molecule has 0 saturated heterocycles. The smallest absolute Gasteiger partial charge is 0.340 e. The Morgan fingerprint density at radius 3 is 2.55 bits per heavy atom. The first-order valence-electron chi connectivity index (χ1n) is 5.85. The molecule has 2 rings (SSSR count). The molecule has 0 radical (unpaired) electrons. The Bertz CT molecular complexity index is 614. The standard InChI is InChI=1S/C15H12BrFO2S/c1-19-15(18)13-7-2-10(8-14(13)17)9-20-12-5-3-11(16)4-6-12/h2-8H,9H2,1H3. The molecule has 0 aliphatic heterocycles. The van der Waals surface area contributed by atoms with Crippen LogP contribution in [0.1, 0.15) is 15.9 Å². The zero-order chi connectivity index (χ0) is 14.5. The molecule has 0 heterocycles. The summed E-state index contributed by atoms with van der Waals surface area (Å²) in [7, 11) is 1.24. The Morgan fingerprint density at radius 1 is 1.25 bits per heavy atom. The minimum Gasteiger partial charge on any atom is -0.465 e. The third kappa shape index (κ3) is 3.84. The normalized spacial score (nSPS) is 10.3. The first-order valence-corrected chi connectivity index (χ1v) is 7.63. The Balaban J connectivity index is 2.05. The first-order chi connectivity index (χ1) is 9.60. The van der Waals surface area contributed by atoms with Gasteiger partial charge in [-0.2, -0.15) is 0 Å². The molecule has 2 nitrogen and oxygen atoms in total. The van der Waals surface area contributed by atoms with Crippen molar-refractivity contribution in [2.24, 2.45) is 0 Å². The number of carbonyl (C=O) groups excluding carboxylic acids is 1. The second kappa shape index (κ2) is 6.90. The van der Waals surface area contributed by atoms with Crippen LogP contribution in [0.3, 0.4) is 0 Å². The van der Waals surface area contributed by atoms with Crippen molar-refractivity contribution >= 4 is 33.7 Å². The third-order valence-electron chi connectivity index (χ3n) is 2.66. The van der Waals surface area contributed by atoms with E-state index >= 15 is 0 Å². The molecule has 0 aliphatic carbocycles. The predicted octanol–water partition coefficient (Wildman–Crippen LogP) is 4.67. The van der Waals surface area contributed by atoms with E-state index in [1.807, 2.05) is 24.3 Å². The summed E-state index contributed by atoms with van der Waals surface area (Å²) in [5.74, 6) is -0.569. The largest absolute Gasteiger partial charge is 0.465 e. The number of thioether (sulfide) groups is 1. The number of hydrogen-bond donors (Lipinski definition) is 0. The lowest BCUT2D eigenvalue weighted by molar-refractivity contribution is 0.0595. The Kier molecular flexibility index (Phi) is 5.20. The van der Waals surface area contributed by atoms with Crippen LogP contribution >= 0.6 is 27.7 Å². The van der Waals surface area contributed by atoms with E-state index in [0.29, 0.717) is 5.75 Å². The van der Waals surface area contributed by atoms with Crippen LogP contribution in [-0.4, -0.2) is 13.1 Å². The second-order valence-electron chi connectivity index (χ2n) is 4.05. The van der Waals surface area contributed by atoms with Crippen molar-refractivity contribution in [2.45, 2.75) is 10.6 Å². The Hall–Kier alpha value is -1.33. The van der Waals surface area contributed by atoms with Crippen LogP contribution in [0.15, 0.2) is 51.8 Å². The van der Waals surface area contributed by atoms with E-state index in [4.69, 9.17) is 0 Å². The maximum Gasteiger partial charge on any atom is 0.340 e. The molecule has 0 aromatic heterocycles. The molecule has 0 saturated carbocycles. The summed E-state index contributed by atoms with van der Waals surface area (Å²) < 4.78 is 19.3. The van der Waals surface area contributed by atoms with Gasteiger partial charge in [0.05, 0.1) is 12.7 Å². The summed E-state index contributed by atoms with van der Waals surface area (Å²) in [5.41, 5.74) is 0.785. The highest BCUT2D eigenvalue weighted by molar-refractivity contribution is 9.10. The zero-order valence-electron chi connectivity index (χ0n) is 10.7. The maximum absolute atomic E-state index is 13.7. The van der Waals surface area contributed by atoms with Gasteiger partial charge in [0, 0.05) is 15.1 Å². The van der Waals surface area contributed by atoms with E-state index in [0.717, 1.165) is 14.9 Å². The number of benzene rings is 2. The fourth-order valence-corrected chi connectivity index (χ4v) is 2.73. The molecule has 0 fully saturated rings. The first kappa shape index (κ1) is 15.1. The van der Waals surface area contributed by atoms with Crippen LogP contribution < -0.4 is 0 Å². The van der Waals surface area contributed by atoms with Crippen LogP contribution in [0.25, 0.3) is 0 Å². The Morgan fingerprint density at radius 2 is 1.95 bits per heavy atom. The molecular weight excluding hydrogens is 343 g/mol. The fraction of sp³-hybridized carbons (Fsp3) is 0.133.